The molecule has 1 atom stereocenters. The van der Waals surface area contributed by atoms with Crippen molar-refractivity contribution in [1.82, 2.24) is 0 Å². The van der Waals surface area contributed by atoms with Gasteiger partial charge < -0.3 is 0 Å². The van der Waals surface area contributed by atoms with Crippen molar-refractivity contribution in [1.29, 1.82) is 0 Å². The van der Waals surface area contributed by atoms with Gasteiger partial charge in [0, 0.05) is 0 Å². The Labute approximate surface area is 99.4 Å². The molecule has 14 heavy (non-hydrogen) atoms. The fourth-order valence-electron chi connectivity index (χ4n) is 1.79. The van der Waals surface area contributed by atoms with Crippen LogP contribution >= 0.6 is 11.6 Å². The molecule has 0 spiro atoms. The summed E-state index contributed by atoms with van der Waals surface area (Å²) in [5.74, 6) is 0.860. The SMILES string of the molecule is CCC[CH2][SnH]([CH2]CCl)[c]1ccccc1. The van der Waals surface area contributed by atoms with Gasteiger partial charge in [-0.05, 0) is 0 Å². The van der Waals surface area contributed by atoms with Crippen molar-refractivity contribution in [2.45, 2.75) is 28.6 Å². The van der Waals surface area contributed by atoms with Gasteiger partial charge in [0.15, 0.2) is 0 Å². The second kappa shape index (κ2) is 7.58. The molecule has 0 saturated carbocycles. The zero-order valence-corrected chi connectivity index (χ0v) is 12.9. The number of hydrogen-bond acceptors (Lipinski definition) is 0. The monoisotopic (exact) mass is 318 g/mol. The quantitative estimate of drug-likeness (QED) is 0.558. The molecule has 0 nitrogen and oxygen atoms in total. The summed E-state index contributed by atoms with van der Waals surface area (Å²) in [4.78, 5) is 0. The minimum atomic E-state index is -1.46. The van der Waals surface area contributed by atoms with Crippen LogP contribution in [0.15, 0.2) is 30.3 Å². The molecule has 1 aromatic rings. The van der Waals surface area contributed by atoms with E-state index in [2.05, 4.69) is 37.3 Å². The van der Waals surface area contributed by atoms with Crippen molar-refractivity contribution in [2.24, 2.45) is 0 Å². The topological polar surface area (TPSA) is 0 Å². The summed E-state index contributed by atoms with van der Waals surface area (Å²) in [5, 5.41) is 0. The van der Waals surface area contributed by atoms with Crippen molar-refractivity contribution < 1.29 is 0 Å². The summed E-state index contributed by atoms with van der Waals surface area (Å²) in [7, 11) is 0. The van der Waals surface area contributed by atoms with Gasteiger partial charge >= 0.3 is 99.8 Å². The first-order valence-corrected chi connectivity index (χ1v) is 12.3. The number of benzene rings is 1. The zero-order chi connectivity index (χ0) is 10.2. The number of alkyl halides is 1. The fraction of sp³-hybridized carbons (Fsp3) is 0.500. The Kier molecular flexibility index (Phi) is 6.70. The van der Waals surface area contributed by atoms with Gasteiger partial charge in [-0.25, -0.2) is 0 Å². The van der Waals surface area contributed by atoms with Gasteiger partial charge in [0.1, 0.15) is 0 Å². The van der Waals surface area contributed by atoms with Gasteiger partial charge in [-0.3, -0.25) is 0 Å². The Bertz CT molecular complexity index is 235. The first-order chi connectivity index (χ1) is 6.88. The Morgan fingerprint density at radius 1 is 1.14 bits per heavy atom. The molecule has 0 heterocycles. The van der Waals surface area contributed by atoms with E-state index >= 15 is 0 Å². The second-order valence-electron chi connectivity index (χ2n) is 3.73. The van der Waals surface area contributed by atoms with Gasteiger partial charge in [0.05, 0.1) is 0 Å². The molecule has 0 fully saturated rings. The predicted octanol–water partition coefficient (Wildman–Crippen LogP) is 3.16. The molecule has 0 aliphatic rings. The van der Waals surface area contributed by atoms with Gasteiger partial charge in [-0.2, -0.15) is 0 Å². The standard InChI is InChI=1S/C6H5.C4H9.C2H4Cl.Sn.H/c1-2-4-6-5-3-1;1-3-4-2;1-2-3;;/h1-5H;1,3-4H2,2H3;1-2H2;;. The molecule has 2 heteroatoms. The average Bonchev–Trinajstić information content (AvgIpc) is 2.25. The predicted molar refractivity (Wildman–Crippen MR) is 68.5 cm³/mol. The summed E-state index contributed by atoms with van der Waals surface area (Å²) < 4.78 is 4.45. The molecular weight excluding hydrogens is 298 g/mol. The van der Waals surface area contributed by atoms with E-state index in [1.54, 1.807) is 3.58 Å². The molecule has 1 rings (SSSR count). The van der Waals surface area contributed by atoms with Gasteiger partial charge in [-0.1, -0.05) is 0 Å². The Balaban J connectivity index is 2.58. The number of halogens is 1. The number of unbranched alkanes of at least 4 members (excludes halogenated alkanes) is 1. The van der Waals surface area contributed by atoms with E-state index in [0.717, 1.165) is 5.88 Å². The van der Waals surface area contributed by atoms with Crippen LogP contribution in [0.1, 0.15) is 19.8 Å². The zero-order valence-electron chi connectivity index (χ0n) is 8.88. The third kappa shape index (κ3) is 4.22. The van der Waals surface area contributed by atoms with E-state index in [9.17, 15) is 0 Å². The molecule has 0 N–H and O–H groups in total. The Morgan fingerprint density at radius 2 is 1.86 bits per heavy atom. The van der Waals surface area contributed by atoms with Crippen LogP contribution in [0.4, 0.5) is 0 Å². The van der Waals surface area contributed by atoms with Crippen molar-refractivity contribution in [2.75, 3.05) is 5.88 Å². The van der Waals surface area contributed by atoms with Crippen LogP contribution in [-0.2, 0) is 0 Å². The summed E-state index contributed by atoms with van der Waals surface area (Å²) in [6.07, 6.45) is 2.72. The molecule has 0 bridgehead atoms. The van der Waals surface area contributed by atoms with Crippen LogP contribution in [0, 0.1) is 0 Å². The summed E-state index contributed by atoms with van der Waals surface area (Å²) >= 11 is 4.42. The normalized spacial score (nSPS) is 12.7. The third-order valence-electron chi connectivity index (χ3n) is 2.63. The Hall–Kier alpha value is 0.309. The van der Waals surface area contributed by atoms with E-state index in [1.807, 2.05) is 0 Å². The maximum absolute atomic E-state index is 5.88. The minimum absolute atomic E-state index is 0.860. The van der Waals surface area contributed by atoms with E-state index in [-0.39, 0.29) is 0 Å². The van der Waals surface area contributed by atoms with E-state index in [0.29, 0.717) is 0 Å². The van der Waals surface area contributed by atoms with Crippen molar-refractivity contribution in [3.05, 3.63) is 30.3 Å². The average molecular weight is 317 g/mol. The van der Waals surface area contributed by atoms with Crippen molar-refractivity contribution in [3.8, 4) is 0 Å². The van der Waals surface area contributed by atoms with Crippen LogP contribution < -0.4 is 3.58 Å². The van der Waals surface area contributed by atoms with Gasteiger partial charge in [0.2, 0.25) is 0 Å². The first-order valence-electron chi connectivity index (χ1n) is 5.49. The van der Waals surface area contributed by atoms with E-state index in [4.69, 9.17) is 11.6 Å². The third-order valence-corrected chi connectivity index (χ3v) is 13.7. The fourth-order valence-corrected chi connectivity index (χ4v) is 11.8. The van der Waals surface area contributed by atoms with Crippen molar-refractivity contribution >= 4 is 34.9 Å². The van der Waals surface area contributed by atoms with E-state index < -0.39 is 19.8 Å². The molecular formula is C12H19ClSn. The van der Waals surface area contributed by atoms with Crippen LogP contribution in [0.25, 0.3) is 0 Å². The van der Waals surface area contributed by atoms with Crippen molar-refractivity contribution in [3.63, 3.8) is 0 Å². The Morgan fingerprint density at radius 3 is 2.43 bits per heavy atom. The second-order valence-corrected chi connectivity index (χ2v) is 13.3. The molecule has 0 aromatic heterocycles. The molecule has 78 valence electrons. The van der Waals surface area contributed by atoms with Crippen LogP contribution in [-0.4, -0.2) is 25.6 Å². The van der Waals surface area contributed by atoms with Gasteiger partial charge in [0.25, 0.3) is 0 Å². The number of rotatable bonds is 6. The summed E-state index contributed by atoms with van der Waals surface area (Å²) in [6, 6.07) is 11.1. The number of hydrogen-bond donors (Lipinski definition) is 0. The van der Waals surface area contributed by atoms with E-state index in [1.165, 1.54) is 21.7 Å². The molecule has 1 aromatic carbocycles. The van der Waals surface area contributed by atoms with Crippen LogP contribution in [0.2, 0.25) is 8.87 Å². The van der Waals surface area contributed by atoms with Crippen LogP contribution in [0.5, 0.6) is 0 Å². The molecule has 0 aliphatic heterocycles. The summed E-state index contributed by atoms with van der Waals surface area (Å²) in [6.45, 7) is 2.27. The molecule has 0 amide bonds. The molecule has 1 unspecified atom stereocenters. The van der Waals surface area contributed by atoms with Crippen LogP contribution in [0.3, 0.4) is 0 Å². The molecule has 0 saturated heterocycles. The first kappa shape index (κ1) is 12.4. The summed E-state index contributed by atoms with van der Waals surface area (Å²) in [5.41, 5.74) is 0. The maximum atomic E-state index is 5.88. The van der Waals surface area contributed by atoms with Gasteiger partial charge in [-0.15, -0.1) is 0 Å². The molecule has 0 aliphatic carbocycles. The molecule has 0 radical (unpaired) electrons.